The van der Waals surface area contributed by atoms with Gasteiger partial charge in [-0.2, -0.15) is 0 Å². The van der Waals surface area contributed by atoms with Crippen LogP contribution in [-0.2, 0) is 4.79 Å². The minimum Gasteiger partial charge on any atom is -0.307 e. The second-order valence-corrected chi connectivity index (χ2v) is 2.71. The van der Waals surface area contributed by atoms with Crippen LogP contribution in [0.3, 0.4) is 0 Å². The van der Waals surface area contributed by atoms with Gasteiger partial charge in [0.2, 0.25) is 0 Å². The zero-order chi connectivity index (χ0) is 7.98. The molecule has 0 saturated carbocycles. The van der Waals surface area contributed by atoms with Crippen LogP contribution in [0.4, 0.5) is 0 Å². The Hall–Kier alpha value is -0.630. The summed E-state index contributed by atoms with van der Waals surface area (Å²) in [6.07, 6.45) is 0. The number of carbonyl (C=O) groups excluding carboxylic acids is 1. The van der Waals surface area contributed by atoms with Crippen molar-refractivity contribution in [2.75, 3.05) is 0 Å². The average molecular weight is 201 g/mol. The first-order chi connectivity index (χ1) is 4.79. The molecule has 0 saturated heterocycles. The molecule has 1 aromatic rings. The second kappa shape index (κ2) is 5.18. The Morgan fingerprint density at radius 3 is 1.90 bits per heavy atom. The summed E-state index contributed by atoms with van der Waals surface area (Å²) in [4.78, 5) is 8.00. The van der Waals surface area contributed by atoms with E-state index in [1.807, 2.05) is 18.9 Å². The van der Waals surface area contributed by atoms with Crippen molar-refractivity contribution in [1.29, 1.82) is 0 Å². The summed E-state index contributed by atoms with van der Waals surface area (Å²) in [5.41, 5.74) is 1.30. The van der Waals surface area contributed by atoms with Crippen molar-refractivity contribution in [2.45, 2.75) is 6.92 Å². The van der Waals surface area contributed by atoms with E-state index in [0.717, 1.165) is 4.47 Å². The van der Waals surface area contributed by atoms with E-state index in [1.54, 1.807) is 0 Å². The summed E-state index contributed by atoms with van der Waals surface area (Å²) < 4.78 is 1.14. The lowest BCUT2D eigenvalue weighted by molar-refractivity contribution is -0.0979. The van der Waals surface area contributed by atoms with E-state index in [4.69, 9.17) is 4.79 Å². The van der Waals surface area contributed by atoms with Crippen molar-refractivity contribution in [1.82, 2.24) is 0 Å². The number of carbonyl (C=O) groups is 1. The standard InChI is InChI=1S/C7H7Br.CH2O/c1-6-2-4-7(8)5-3-6;1-2/h2-5H,1H3;1H2. The first-order valence-corrected chi connectivity index (χ1v) is 3.59. The van der Waals surface area contributed by atoms with Crippen LogP contribution in [0.1, 0.15) is 5.56 Å². The molecule has 0 fully saturated rings. The fraction of sp³-hybridized carbons (Fsp3) is 0.125. The molecule has 1 nitrogen and oxygen atoms in total. The van der Waals surface area contributed by atoms with Crippen molar-refractivity contribution < 1.29 is 4.79 Å². The van der Waals surface area contributed by atoms with Gasteiger partial charge in [-0.25, -0.2) is 0 Å². The molecule has 10 heavy (non-hydrogen) atoms. The van der Waals surface area contributed by atoms with E-state index >= 15 is 0 Å². The first kappa shape index (κ1) is 9.37. The number of benzene rings is 1. The SMILES string of the molecule is C=O.Cc1ccc(Br)cc1. The molecule has 54 valence electrons. The molecular formula is C8H9BrO. The molecule has 0 aliphatic heterocycles. The third kappa shape index (κ3) is 3.41. The molecule has 0 amide bonds. The molecule has 0 aliphatic carbocycles. The summed E-state index contributed by atoms with van der Waals surface area (Å²) in [5.74, 6) is 0. The zero-order valence-electron chi connectivity index (χ0n) is 5.80. The molecule has 2 heteroatoms. The topological polar surface area (TPSA) is 17.1 Å². The third-order valence-corrected chi connectivity index (χ3v) is 1.54. The van der Waals surface area contributed by atoms with Crippen molar-refractivity contribution >= 4 is 22.7 Å². The smallest absolute Gasteiger partial charge is 0.106 e. The Morgan fingerprint density at radius 2 is 1.60 bits per heavy atom. The highest BCUT2D eigenvalue weighted by molar-refractivity contribution is 9.10. The summed E-state index contributed by atoms with van der Waals surface area (Å²) in [6, 6.07) is 8.22. The van der Waals surface area contributed by atoms with E-state index in [9.17, 15) is 0 Å². The molecule has 0 heterocycles. The highest BCUT2D eigenvalue weighted by atomic mass is 79.9. The van der Waals surface area contributed by atoms with E-state index in [2.05, 4.69) is 35.0 Å². The van der Waals surface area contributed by atoms with E-state index in [1.165, 1.54) is 5.56 Å². The number of hydrogen-bond donors (Lipinski definition) is 0. The van der Waals surface area contributed by atoms with Gasteiger partial charge in [-0.05, 0) is 19.1 Å². The van der Waals surface area contributed by atoms with Gasteiger partial charge in [0.1, 0.15) is 6.79 Å². The maximum Gasteiger partial charge on any atom is 0.106 e. The Morgan fingerprint density at radius 1 is 1.20 bits per heavy atom. The molecular weight excluding hydrogens is 192 g/mol. The van der Waals surface area contributed by atoms with E-state index in [0.29, 0.717) is 0 Å². The third-order valence-electron chi connectivity index (χ3n) is 1.01. The van der Waals surface area contributed by atoms with Gasteiger partial charge >= 0.3 is 0 Å². The van der Waals surface area contributed by atoms with Crippen LogP contribution in [0.5, 0.6) is 0 Å². The van der Waals surface area contributed by atoms with Gasteiger partial charge in [-0.1, -0.05) is 33.6 Å². The van der Waals surface area contributed by atoms with Gasteiger partial charge in [0.05, 0.1) is 0 Å². The van der Waals surface area contributed by atoms with Gasteiger partial charge in [-0.3, -0.25) is 0 Å². The monoisotopic (exact) mass is 200 g/mol. The Kier molecular flexibility index (Phi) is 4.85. The zero-order valence-corrected chi connectivity index (χ0v) is 7.39. The maximum absolute atomic E-state index is 8.00. The lowest BCUT2D eigenvalue weighted by Crippen LogP contribution is -1.66. The van der Waals surface area contributed by atoms with Crippen LogP contribution < -0.4 is 0 Å². The summed E-state index contributed by atoms with van der Waals surface area (Å²) >= 11 is 3.35. The van der Waals surface area contributed by atoms with E-state index < -0.39 is 0 Å². The molecule has 0 atom stereocenters. The summed E-state index contributed by atoms with van der Waals surface area (Å²) in [6.45, 7) is 4.08. The van der Waals surface area contributed by atoms with Crippen LogP contribution in [-0.4, -0.2) is 6.79 Å². The molecule has 0 bridgehead atoms. The molecule has 1 rings (SSSR count). The van der Waals surface area contributed by atoms with Crippen LogP contribution in [0.15, 0.2) is 28.7 Å². The molecule has 0 aromatic heterocycles. The fourth-order valence-corrected chi connectivity index (χ4v) is 0.798. The minimum atomic E-state index is 1.14. The largest absolute Gasteiger partial charge is 0.307 e. The Bertz CT molecular complexity index is 160. The number of halogens is 1. The summed E-state index contributed by atoms with van der Waals surface area (Å²) in [7, 11) is 0. The highest BCUT2D eigenvalue weighted by Gasteiger charge is 1.81. The predicted octanol–water partition coefficient (Wildman–Crippen LogP) is 2.57. The minimum absolute atomic E-state index is 1.14. The molecule has 0 spiro atoms. The second-order valence-electron chi connectivity index (χ2n) is 1.80. The lowest BCUT2D eigenvalue weighted by Gasteiger charge is -1.88. The number of rotatable bonds is 0. The van der Waals surface area contributed by atoms with Crippen LogP contribution >= 0.6 is 15.9 Å². The van der Waals surface area contributed by atoms with Crippen LogP contribution in [0.25, 0.3) is 0 Å². The number of hydrogen-bond acceptors (Lipinski definition) is 1. The highest BCUT2D eigenvalue weighted by Crippen LogP contribution is 2.08. The van der Waals surface area contributed by atoms with Crippen molar-refractivity contribution in [3.05, 3.63) is 34.3 Å². The van der Waals surface area contributed by atoms with Gasteiger partial charge in [-0.15, -0.1) is 0 Å². The van der Waals surface area contributed by atoms with Gasteiger partial charge in [0.15, 0.2) is 0 Å². The average Bonchev–Trinajstić information content (AvgIpc) is 2.00. The predicted molar refractivity (Wildman–Crippen MR) is 46.0 cm³/mol. The first-order valence-electron chi connectivity index (χ1n) is 2.80. The van der Waals surface area contributed by atoms with Crippen molar-refractivity contribution in [2.24, 2.45) is 0 Å². The van der Waals surface area contributed by atoms with Crippen molar-refractivity contribution in [3.8, 4) is 0 Å². The fourth-order valence-electron chi connectivity index (χ4n) is 0.533. The quantitative estimate of drug-likeness (QED) is 0.630. The Labute approximate surface area is 69.2 Å². The van der Waals surface area contributed by atoms with Crippen LogP contribution in [0.2, 0.25) is 0 Å². The van der Waals surface area contributed by atoms with Gasteiger partial charge in [0.25, 0.3) is 0 Å². The Balaban J connectivity index is 0.000000371. The molecule has 0 radical (unpaired) electrons. The van der Waals surface area contributed by atoms with Crippen LogP contribution in [0, 0.1) is 6.92 Å². The summed E-state index contributed by atoms with van der Waals surface area (Å²) in [5, 5.41) is 0. The van der Waals surface area contributed by atoms with E-state index in [-0.39, 0.29) is 0 Å². The number of aryl methyl sites for hydroxylation is 1. The molecule has 0 N–H and O–H groups in total. The normalized spacial score (nSPS) is 7.80. The molecule has 0 unspecified atom stereocenters. The van der Waals surface area contributed by atoms with Gasteiger partial charge in [0, 0.05) is 4.47 Å². The lowest BCUT2D eigenvalue weighted by atomic mass is 10.2. The molecule has 0 aliphatic rings. The molecule has 1 aromatic carbocycles. The maximum atomic E-state index is 8.00. The van der Waals surface area contributed by atoms with Gasteiger partial charge < -0.3 is 4.79 Å². The van der Waals surface area contributed by atoms with Crippen molar-refractivity contribution in [3.63, 3.8) is 0 Å².